The van der Waals surface area contributed by atoms with Crippen LogP contribution in [0.2, 0.25) is 5.02 Å². The van der Waals surface area contributed by atoms with Gasteiger partial charge in [-0.15, -0.1) is 11.3 Å². The van der Waals surface area contributed by atoms with Crippen molar-refractivity contribution in [2.45, 2.75) is 45.8 Å². The smallest absolute Gasteiger partial charge is 0.131 e. The van der Waals surface area contributed by atoms with Crippen molar-refractivity contribution in [3.63, 3.8) is 0 Å². The van der Waals surface area contributed by atoms with Gasteiger partial charge in [-0.1, -0.05) is 24.6 Å². The second-order valence-corrected chi connectivity index (χ2v) is 6.52. The largest absolute Gasteiger partial charge is 0.487 e. The van der Waals surface area contributed by atoms with Crippen LogP contribution in [0.3, 0.4) is 0 Å². The standard InChI is InChI=1S/C16H21ClN2OS/c1-3-5-16-19-12(10-21-16)9-20-15-7-4-6-14(17)13(15)8-11(2)18/h4,6-7,10-11H,3,5,8-9,18H2,1-2H3. The number of halogens is 1. The van der Waals surface area contributed by atoms with Gasteiger partial charge < -0.3 is 10.5 Å². The first-order chi connectivity index (χ1) is 10.1. The molecule has 2 aromatic rings. The van der Waals surface area contributed by atoms with Crippen LogP contribution >= 0.6 is 22.9 Å². The summed E-state index contributed by atoms with van der Waals surface area (Å²) in [6, 6.07) is 5.74. The predicted molar refractivity (Wildman–Crippen MR) is 89.2 cm³/mol. The molecule has 5 heteroatoms. The lowest BCUT2D eigenvalue weighted by Gasteiger charge is -2.14. The molecule has 0 bridgehead atoms. The molecular weight excluding hydrogens is 304 g/mol. The van der Waals surface area contributed by atoms with Gasteiger partial charge in [0.15, 0.2) is 0 Å². The number of thiazole rings is 1. The van der Waals surface area contributed by atoms with E-state index in [9.17, 15) is 0 Å². The summed E-state index contributed by atoms with van der Waals surface area (Å²) in [4.78, 5) is 4.56. The van der Waals surface area contributed by atoms with Crippen LogP contribution in [0, 0.1) is 0 Å². The summed E-state index contributed by atoms with van der Waals surface area (Å²) in [5, 5.41) is 3.92. The van der Waals surface area contributed by atoms with Crippen LogP contribution in [0.25, 0.3) is 0 Å². The van der Waals surface area contributed by atoms with Crippen molar-refractivity contribution in [2.75, 3.05) is 0 Å². The minimum atomic E-state index is 0.0441. The number of rotatable bonds is 7. The molecule has 1 aromatic carbocycles. The molecule has 1 atom stereocenters. The zero-order valence-electron chi connectivity index (χ0n) is 12.4. The van der Waals surface area contributed by atoms with Gasteiger partial charge >= 0.3 is 0 Å². The molecule has 0 spiro atoms. The van der Waals surface area contributed by atoms with Crippen LogP contribution in [-0.2, 0) is 19.4 Å². The Bertz CT molecular complexity index is 583. The van der Waals surface area contributed by atoms with Gasteiger partial charge in [-0.3, -0.25) is 0 Å². The Hall–Kier alpha value is -1.10. The first kappa shape index (κ1) is 16.3. The molecule has 21 heavy (non-hydrogen) atoms. The van der Waals surface area contributed by atoms with Crippen LogP contribution in [0.1, 0.15) is 36.5 Å². The summed E-state index contributed by atoms with van der Waals surface area (Å²) in [6.45, 7) is 4.58. The molecule has 0 aliphatic carbocycles. The molecular formula is C16H21ClN2OS. The first-order valence-corrected chi connectivity index (χ1v) is 8.45. The second-order valence-electron chi connectivity index (χ2n) is 5.17. The zero-order valence-corrected chi connectivity index (χ0v) is 14.0. The number of hydrogen-bond acceptors (Lipinski definition) is 4. The average molecular weight is 325 g/mol. The number of aryl methyl sites for hydroxylation is 1. The van der Waals surface area contributed by atoms with Crippen molar-refractivity contribution in [3.8, 4) is 5.75 Å². The monoisotopic (exact) mass is 324 g/mol. The predicted octanol–water partition coefficient (Wildman–Crippen LogP) is 4.22. The fourth-order valence-corrected chi connectivity index (χ4v) is 3.22. The Morgan fingerprint density at radius 3 is 2.95 bits per heavy atom. The number of nitrogens with two attached hydrogens (primary N) is 1. The molecule has 0 fully saturated rings. The molecule has 114 valence electrons. The van der Waals surface area contributed by atoms with Crippen molar-refractivity contribution in [2.24, 2.45) is 5.73 Å². The number of nitrogens with zero attached hydrogens (tertiary/aromatic N) is 1. The van der Waals surface area contributed by atoms with Gasteiger partial charge in [0.2, 0.25) is 0 Å². The third-order valence-electron chi connectivity index (χ3n) is 3.04. The lowest BCUT2D eigenvalue weighted by Crippen LogP contribution is -2.18. The average Bonchev–Trinajstić information content (AvgIpc) is 2.87. The normalized spacial score (nSPS) is 12.4. The highest BCUT2D eigenvalue weighted by Crippen LogP contribution is 2.28. The molecule has 3 nitrogen and oxygen atoms in total. The first-order valence-electron chi connectivity index (χ1n) is 7.19. The highest BCUT2D eigenvalue weighted by molar-refractivity contribution is 7.09. The van der Waals surface area contributed by atoms with Gasteiger partial charge in [0, 0.05) is 22.0 Å². The minimum Gasteiger partial charge on any atom is -0.487 e. The quantitative estimate of drug-likeness (QED) is 0.829. The molecule has 0 saturated heterocycles. The van der Waals surface area contributed by atoms with E-state index in [1.807, 2.05) is 25.1 Å². The molecule has 1 aromatic heterocycles. The van der Waals surface area contributed by atoms with Crippen molar-refractivity contribution >= 4 is 22.9 Å². The highest BCUT2D eigenvalue weighted by Gasteiger charge is 2.11. The lowest BCUT2D eigenvalue weighted by molar-refractivity contribution is 0.298. The van der Waals surface area contributed by atoms with Crippen molar-refractivity contribution < 1.29 is 4.74 Å². The van der Waals surface area contributed by atoms with Gasteiger partial charge in [-0.05, 0) is 38.3 Å². The Balaban J connectivity index is 2.06. The van der Waals surface area contributed by atoms with Crippen LogP contribution in [-0.4, -0.2) is 11.0 Å². The van der Waals surface area contributed by atoms with E-state index in [0.717, 1.165) is 34.9 Å². The molecule has 0 saturated carbocycles. The lowest BCUT2D eigenvalue weighted by atomic mass is 10.1. The number of ether oxygens (including phenoxy) is 1. The van der Waals surface area contributed by atoms with E-state index in [4.69, 9.17) is 22.1 Å². The SMILES string of the molecule is CCCc1nc(COc2cccc(Cl)c2CC(C)N)cs1. The Kier molecular flexibility index (Phi) is 6.03. The van der Waals surface area contributed by atoms with Crippen LogP contribution < -0.4 is 10.5 Å². The van der Waals surface area contributed by atoms with E-state index in [2.05, 4.69) is 17.3 Å². The third-order valence-corrected chi connectivity index (χ3v) is 4.35. The Labute approximate surface area is 135 Å². The molecule has 2 N–H and O–H groups in total. The summed E-state index contributed by atoms with van der Waals surface area (Å²) in [5.41, 5.74) is 7.82. The maximum absolute atomic E-state index is 6.25. The maximum atomic E-state index is 6.25. The Morgan fingerprint density at radius 1 is 1.43 bits per heavy atom. The van der Waals surface area contributed by atoms with E-state index in [1.165, 1.54) is 0 Å². The van der Waals surface area contributed by atoms with Gasteiger partial charge in [-0.2, -0.15) is 0 Å². The van der Waals surface area contributed by atoms with Gasteiger partial charge in [0.05, 0.1) is 10.7 Å². The third kappa shape index (κ3) is 4.70. The summed E-state index contributed by atoms with van der Waals surface area (Å²) >= 11 is 7.94. The van der Waals surface area contributed by atoms with E-state index >= 15 is 0 Å². The molecule has 1 heterocycles. The summed E-state index contributed by atoms with van der Waals surface area (Å²) < 4.78 is 5.90. The van der Waals surface area contributed by atoms with Gasteiger partial charge in [-0.25, -0.2) is 4.98 Å². The molecule has 1 unspecified atom stereocenters. The fourth-order valence-electron chi connectivity index (χ4n) is 2.09. The van der Waals surface area contributed by atoms with E-state index in [1.54, 1.807) is 11.3 Å². The summed E-state index contributed by atoms with van der Waals surface area (Å²) in [5.74, 6) is 0.796. The molecule has 0 radical (unpaired) electrons. The highest BCUT2D eigenvalue weighted by atomic mass is 35.5. The van der Waals surface area contributed by atoms with Gasteiger partial charge in [0.25, 0.3) is 0 Å². The van der Waals surface area contributed by atoms with E-state index < -0.39 is 0 Å². The van der Waals surface area contributed by atoms with Crippen molar-refractivity contribution in [1.82, 2.24) is 4.98 Å². The van der Waals surface area contributed by atoms with Gasteiger partial charge in [0.1, 0.15) is 12.4 Å². The molecule has 2 rings (SSSR count). The van der Waals surface area contributed by atoms with E-state index in [0.29, 0.717) is 18.1 Å². The second kappa shape index (κ2) is 7.78. The van der Waals surface area contributed by atoms with E-state index in [-0.39, 0.29) is 6.04 Å². The van der Waals surface area contributed by atoms with Crippen LogP contribution in [0.15, 0.2) is 23.6 Å². The minimum absolute atomic E-state index is 0.0441. The summed E-state index contributed by atoms with van der Waals surface area (Å²) in [7, 11) is 0. The van der Waals surface area contributed by atoms with Crippen LogP contribution in [0.5, 0.6) is 5.75 Å². The number of benzene rings is 1. The summed E-state index contributed by atoms with van der Waals surface area (Å²) in [6.07, 6.45) is 2.84. The van der Waals surface area contributed by atoms with Crippen LogP contribution in [0.4, 0.5) is 0 Å². The van der Waals surface area contributed by atoms with Crippen molar-refractivity contribution in [1.29, 1.82) is 0 Å². The molecule has 0 aliphatic rings. The maximum Gasteiger partial charge on any atom is 0.131 e. The topological polar surface area (TPSA) is 48.1 Å². The number of aromatic nitrogens is 1. The molecule has 0 aliphatic heterocycles. The molecule has 0 amide bonds. The van der Waals surface area contributed by atoms with Crippen molar-refractivity contribution in [3.05, 3.63) is 44.9 Å². The Morgan fingerprint density at radius 2 is 2.24 bits per heavy atom. The fraction of sp³-hybridized carbons (Fsp3) is 0.438. The zero-order chi connectivity index (χ0) is 15.2. The number of hydrogen-bond donors (Lipinski definition) is 1.